The molecule has 1 aliphatic heterocycles. The highest BCUT2D eigenvalue weighted by Crippen LogP contribution is 2.52. The fourth-order valence-corrected chi connectivity index (χ4v) is 5.68. The normalized spacial score (nSPS) is 32.7. The van der Waals surface area contributed by atoms with Gasteiger partial charge in [-0.1, -0.05) is 58.6 Å². The van der Waals surface area contributed by atoms with Gasteiger partial charge in [-0.3, -0.25) is 4.79 Å². The summed E-state index contributed by atoms with van der Waals surface area (Å²) in [4.78, 5) is 11.6. The summed E-state index contributed by atoms with van der Waals surface area (Å²) in [5.74, 6) is 0.422. The van der Waals surface area contributed by atoms with Gasteiger partial charge in [0.15, 0.2) is 0 Å². The Morgan fingerprint density at radius 3 is 2.46 bits per heavy atom. The summed E-state index contributed by atoms with van der Waals surface area (Å²) in [5.41, 5.74) is 3.56. The molecule has 1 N–H and O–H groups in total. The fraction of sp³-hybridized carbons (Fsp3) is 0.783. The molecule has 0 unspecified atom stereocenters. The van der Waals surface area contributed by atoms with Crippen LogP contribution >= 0.6 is 0 Å². The third-order valence-electron chi connectivity index (χ3n) is 6.43. The first-order valence-electron chi connectivity index (χ1n) is 10.5. The fourth-order valence-electron chi connectivity index (χ4n) is 5.68. The predicted octanol–water partition coefficient (Wildman–Crippen LogP) is 5.33. The number of rotatable bonds is 3. The van der Waals surface area contributed by atoms with Gasteiger partial charge in [0.25, 0.3) is 0 Å². The maximum atomic E-state index is 11.6. The van der Waals surface area contributed by atoms with Crippen molar-refractivity contribution in [3.8, 4) is 0 Å². The molecule has 146 valence electrons. The minimum Gasteiger partial charge on any atom is -0.458 e. The number of carbonyl (C=O) groups excluding carboxylic acids is 1. The van der Waals surface area contributed by atoms with E-state index >= 15 is 0 Å². The van der Waals surface area contributed by atoms with Crippen molar-refractivity contribution in [3.63, 3.8) is 0 Å². The Labute approximate surface area is 158 Å². The Balaban J connectivity index is 1.90. The molecular weight excluding hydrogens is 324 g/mol. The van der Waals surface area contributed by atoms with Crippen molar-refractivity contribution in [1.82, 2.24) is 0 Å². The largest absolute Gasteiger partial charge is 0.458 e. The number of allylic oxidation sites excluding steroid dienone is 3. The van der Waals surface area contributed by atoms with Crippen molar-refractivity contribution in [2.24, 2.45) is 16.7 Å². The van der Waals surface area contributed by atoms with Gasteiger partial charge in [-0.05, 0) is 54.1 Å². The van der Waals surface area contributed by atoms with E-state index in [-0.39, 0.29) is 23.9 Å². The second-order valence-corrected chi connectivity index (χ2v) is 10.2. The molecule has 26 heavy (non-hydrogen) atoms. The van der Waals surface area contributed by atoms with E-state index < -0.39 is 6.10 Å². The lowest BCUT2D eigenvalue weighted by molar-refractivity contribution is -0.156. The molecule has 0 aromatic rings. The standard InChI is InChI=1S/C23H36O3/c1-22(2)14-19(16-8-6-5-7-9-16)20(23(3,4)15-22)11-10-18-12-17(24)13-21(25)26-18/h10-11,16-18,24H,5-9,12-15H2,1-4H3/b11-10+/t17-,18-/m0/s1. The maximum Gasteiger partial charge on any atom is 0.309 e. The first kappa shape index (κ1) is 19.7. The molecule has 1 saturated heterocycles. The van der Waals surface area contributed by atoms with Crippen LogP contribution in [0.5, 0.6) is 0 Å². The van der Waals surface area contributed by atoms with Crippen LogP contribution in [0.1, 0.15) is 85.5 Å². The lowest BCUT2D eigenvalue weighted by Gasteiger charge is -2.46. The quantitative estimate of drug-likeness (QED) is 0.692. The molecule has 3 aliphatic rings. The average molecular weight is 361 g/mol. The van der Waals surface area contributed by atoms with Crippen LogP contribution in [0.2, 0.25) is 0 Å². The van der Waals surface area contributed by atoms with Gasteiger partial charge in [-0.2, -0.15) is 0 Å². The summed E-state index contributed by atoms with van der Waals surface area (Å²) >= 11 is 0. The minimum absolute atomic E-state index is 0.125. The Kier molecular flexibility index (Phi) is 5.67. The molecule has 2 aliphatic carbocycles. The van der Waals surface area contributed by atoms with E-state index in [1.54, 1.807) is 5.57 Å². The highest BCUT2D eigenvalue weighted by Gasteiger charge is 2.40. The summed E-state index contributed by atoms with van der Waals surface area (Å²) in [6, 6.07) is 0. The zero-order chi connectivity index (χ0) is 18.9. The van der Waals surface area contributed by atoms with E-state index in [2.05, 4.69) is 33.8 Å². The molecule has 0 aromatic carbocycles. The van der Waals surface area contributed by atoms with Crippen molar-refractivity contribution < 1.29 is 14.6 Å². The monoisotopic (exact) mass is 360 g/mol. The number of cyclic esters (lactones) is 1. The highest BCUT2D eigenvalue weighted by molar-refractivity contribution is 5.71. The lowest BCUT2D eigenvalue weighted by atomic mass is 9.59. The summed E-state index contributed by atoms with van der Waals surface area (Å²) < 4.78 is 5.43. The Hall–Kier alpha value is -1.09. The molecule has 0 bridgehead atoms. The summed E-state index contributed by atoms with van der Waals surface area (Å²) in [7, 11) is 0. The van der Waals surface area contributed by atoms with Crippen LogP contribution in [-0.4, -0.2) is 23.3 Å². The highest BCUT2D eigenvalue weighted by atomic mass is 16.5. The Morgan fingerprint density at radius 1 is 1.12 bits per heavy atom. The van der Waals surface area contributed by atoms with E-state index in [0.717, 1.165) is 0 Å². The Bertz CT molecular complexity index is 591. The van der Waals surface area contributed by atoms with Crippen LogP contribution < -0.4 is 0 Å². The zero-order valence-corrected chi connectivity index (χ0v) is 17.0. The van der Waals surface area contributed by atoms with Crippen LogP contribution in [0.25, 0.3) is 0 Å². The first-order chi connectivity index (χ1) is 12.2. The second kappa shape index (κ2) is 7.50. The van der Waals surface area contributed by atoms with Gasteiger partial charge in [0, 0.05) is 6.42 Å². The summed E-state index contributed by atoms with van der Waals surface area (Å²) in [5, 5.41) is 9.87. The van der Waals surface area contributed by atoms with E-state index in [0.29, 0.717) is 17.8 Å². The second-order valence-electron chi connectivity index (χ2n) is 10.2. The molecule has 1 heterocycles. The minimum atomic E-state index is -0.573. The molecule has 2 atom stereocenters. The van der Waals surface area contributed by atoms with Crippen LogP contribution in [0.3, 0.4) is 0 Å². The van der Waals surface area contributed by atoms with Gasteiger partial charge in [0.05, 0.1) is 12.5 Å². The number of hydrogen-bond donors (Lipinski definition) is 1. The molecule has 1 saturated carbocycles. The zero-order valence-electron chi connectivity index (χ0n) is 17.0. The Morgan fingerprint density at radius 2 is 1.81 bits per heavy atom. The lowest BCUT2D eigenvalue weighted by Crippen LogP contribution is -2.34. The topological polar surface area (TPSA) is 46.5 Å². The SMILES string of the molecule is CC1(C)CC(C2CCCCC2)=C(/C=C/[C@H]2C[C@H](O)CC(=O)O2)C(C)(C)C1. The van der Waals surface area contributed by atoms with E-state index in [1.165, 1.54) is 50.5 Å². The number of carbonyl (C=O) groups is 1. The number of esters is 1. The van der Waals surface area contributed by atoms with Crippen molar-refractivity contribution in [3.05, 3.63) is 23.3 Å². The van der Waals surface area contributed by atoms with Gasteiger partial charge in [0.2, 0.25) is 0 Å². The first-order valence-corrected chi connectivity index (χ1v) is 10.5. The smallest absolute Gasteiger partial charge is 0.309 e. The van der Waals surface area contributed by atoms with E-state index in [1.807, 2.05) is 6.08 Å². The molecule has 0 amide bonds. The van der Waals surface area contributed by atoms with Crippen LogP contribution in [0.4, 0.5) is 0 Å². The molecular formula is C23H36O3. The number of aliphatic hydroxyl groups is 1. The summed E-state index contributed by atoms with van der Waals surface area (Å²) in [6.07, 6.45) is 13.1. The van der Waals surface area contributed by atoms with Gasteiger partial charge >= 0.3 is 5.97 Å². The molecule has 0 radical (unpaired) electrons. The average Bonchev–Trinajstić information content (AvgIpc) is 2.51. The van der Waals surface area contributed by atoms with Crippen molar-refractivity contribution in [1.29, 1.82) is 0 Å². The number of hydrogen-bond acceptors (Lipinski definition) is 3. The van der Waals surface area contributed by atoms with Crippen molar-refractivity contribution in [2.75, 3.05) is 0 Å². The molecule has 3 rings (SSSR count). The number of aliphatic hydroxyl groups excluding tert-OH is 1. The van der Waals surface area contributed by atoms with Crippen LogP contribution in [0, 0.1) is 16.7 Å². The molecule has 3 nitrogen and oxygen atoms in total. The van der Waals surface area contributed by atoms with Gasteiger partial charge in [-0.15, -0.1) is 0 Å². The maximum absolute atomic E-state index is 11.6. The molecule has 2 fully saturated rings. The van der Waals surface area contributed by atoms with Gasteiger partial charge in [0.1, 0.15) is 6.10 Å². The predicted molar refractivity (Wildman–Crippen MR) is 105 cm³/mol. The van der Waals surface area contributed by atoms with Crippen LogP contribution in [-0.2, 0) is 9.53 Å². The molecule has 3 heteroatoms. The van der Waals surface area contributed by atoms with E-state index in [4.69, 9.17) is 4.74 Å². The summed E-state index contributed by atoms with van der Waals surface area (Å²) in [6.45, 7) is 9.52. The third kappa shape index (κ3) is 4.60. The van der Waals surface area contributed by atoms with Crippen LogP contribution in [0.15, 0.2) is 23.3 Å². The van der Waals surface area contributed by atoms with Crippen molar-refractivity contribution >= 4 is 5.97 Å². The third-order valence-corrected chi connectivity index (χ3v) is 6.43. The van der Waals surface area contributed by atoms with E-state index in [9.17, 15) is 9.90 Å². The molecule has 0 spiro atoms. The number of ether oxygens (including phenoxy) is 1. The van der Waals surface area contributed by atoms with Crippen molar-refractivity contribution in [2.45, 2.75) is 97.7 Å². The molecule has 0 aromatic heterocycles. The van der Waals surface area contributed by atoms with Gasteiger partial charge in [-0.25, -0.2) is 0 Å². The van der Waals surface area contributed by atoms with Gasteiger partial charge < -0.3 is 9.84 Å².